The fraction of sp³-hybridized carbons (Fsp3) is 0.0952. The van der Waals surface area contributed by atoms with E-state index in [0.29, 0.717) is 5.02 Å². The van der Waals surface area contributed by atoms with Gasteiger partial charge in [0.15, 0.2) is 5.65 Å². The van der Waals surface area contributed by atoms with Crippen LogP contribution in [0.2, 0.25) is 5.02 Å². The number of rotatable bonds is 3. The summed E-state index contributed by atoms with van der Waals surface area (Å²) in [5.41, 5.74) is 5.87. The van der Waals surface area contributed by atoms with E-state index in [1.165, 1.54) is 6.92 Å². The molecule has 4 rings (SSSR count). The van der Waals surface area contributed by atoms with Crippen molar-refractivity contribution in [2.24, 2.45) is 0 Å². The summed E-state index contributed by atoms with van der Waals surface area (Å²) in [6.07, 6.45) is 0. The number of amides is 1. The molecule has 0 saturated carbocycles. The summed E-state index contributed by atoms with van der Waals surface area (Å²) in [4.78, 5) is 16.2. The van der Waals surface area contributed by atoms with Crippen LogP contribution in [0.3, 0.4) is 0 Å². The normalized spacial score (nSPS) is 10.9. The fourth-order valence-corrected chi connectivity index (χ4v) is 3.18. The minimum Gasteiger partial charge on any atom is -0.326 e. The van der Waals surface area contributed by atoms with E-state index in [-0.39, 0.29) is 5.91 Å². The van der Waals surface area contributed by atoms with Gasteiger partial charge in [-0.15, -0.1) is 0 Å². The standard InChI is InChI=1S/C21H17ClN4O/c1-13-11-20(17-5-3-4-6-18(17)24-14(2)27)26-21(23-13)12-19(25-26)15-7-9-16(22)10-8-15/h3-12H,1-2H3,(H,24,27). The number of nitrogens with zero attached hydrogens (tertiary/aromatic N) is 3. The van der Waals surface area contributed by atoms with Gasteiger partial charge in [0.1, 0.15) is 0 Å². The Morgan fingerprint density at radius 2 is 1.81 bits per heavy atom. The highest BCUT2D eigenvalue weighted by molar-refractivity contribution is 6.30. The van der Waals surface area contributed by atoms with E-state index < -0.39 is 0 Å². The number of anilines is 1. The number of halogens is 1. The molecule has 6 heteroatoms. The number of benzene rings is 2. The number of nitrogens with one attached hydrogen (secondary N) is 1. The molecule has 0 fully saturated rings. The van der Waals surface area contributed by atoms with Crippen LogP contribution in [0, 0.1) is 6.92 Å². The molecule has 2 heterocycles. The maximum Gasteiger partial charge on any atom is 0.221 e. The molecule has 1 N–H and O–H groups in total. The summed E-state index contributed by atoms with van der Waals surface area (Å²) >= 11 is 5.99. The van der Waals surface area contributed by atoms with Crippen molar-refractivity contribution in [1.82, 2.24) is 14.6 Å². The van der Waals surface area contributed by atoms with Gasteiger partial charge in [-0.3, -0.25) is 4.79 Å². The number of carbonyl (C=O) groups is 1. The molecule has 134 valence electrons. The maximum atomic E-state index is 11.6. The Labute approximate surface area is 161 Å². The molecule has 0 radical (unpaired) electrons. The number of fused-ring (bicyclic) bond motifs is 1. The molecule has 5 nitrogen and oxygen atoms in total. The minimum atomic E-state index is -0.119. The van der Waals surface area contributed by atoms with Crippen molar-refractivity contribution in [2.45, 2.75) is 13.8 Å². The molecule has 0 aliphatic rings. The number of aryl methyl sites for hydroxylation is 1. The second-order valence-electron chi connectivity index (χ2n) is 6.32. The molecule has 0 aliphatic heterocycles. The SMILES string of the molecule is CC(=O)Nc1ccccc1-c1cc(C)nc2cc(-c3ccc(Cl)cc3)nn12. The van der Waals surface area contributed by atoms with E-state index in [1.54, 1.807) is 4.52 Å². The van der Waals surface area contributed by atoms with Crippen LogP contribution in [-0.2, 0) is 4.79 Å². The Morgan fingerprint density at radius 1 is 1.07 bits per heavy atom. The van der Waals surface area contributed by atoms with E-state index in [1.807, 2.05) is 67.6 Å². The average molecular weight is 377 g/mol. The lowest BCUT2D eigenvalue weighted by atomic mass is 10.1. The molecule has 0 spiro atoms. The quantitative estimate of drug-likeness (QED) is 0.548. The first-order valence-electron chi connectivity index (χ1n) is 8.51. The summed E-state index contributed by atoms with van der Waals surface area (Å²) in [7, 11) is 0. The van der Waals surface area contributed by atoms with Gasteiger partial charge in [0.25, 0.3) is 0 Å². The van der Waals surface area contributed by atoms with Crippen LogP contribution in [0.1, 0.15) is 12.6 Å². The third-order valence-corrected chi connectivity index (χ3v) is 4.46. The number of hydrogen-bond acceptors (Lipinski definition) is 3. The zero-order valence-corrected chi connectivity index (χ0v) is 15.7. The van der Waals surface area contributed by atoms with Crippen molar-refractivity contribution in [1.29, 1.82) is 0 Å². The van der Waals surface area contributed by atoms with Crippen molar-refractivity contribution in [3.63, 3.8) is 0 Å². The molecule has 0 aliphatic carbocycles. The van der Waals surface area contributed by atoms with E-state index in [0.717, 1.165) is 39.5 Å². The van der Waals surface area contributed by atoms with Gasteiger partial charge in [0.2, 0.25) is 5.91 Å². The molecular formula is C21H17ClN4O. The first kappa shape index (κ1) is 17.2. The van der Waals surface area contributed by atoms with Crippen molar-refractivity contribution < 1.29 is 4.79 Å². The topological polar surface area (TPSA) is 59.3 Å². The lowest BCUT2D eigenvalue weighted by Gasteiger charge is -2.12. The molecule has 0 saturated heterocycles. The molecule has 27 heavy (non-hydrogen) atoms. The van der Waals surface area contributed by atoms with Gasteiger partial charge >= 0.3 is 0 Å². The first-order chi connectivity index (χ1) is 13.0. The highest BCUT2D eigenvalue weighted by atomic mass is 35.5. The Hall–Kier alpha value is -3.18. The Morgan fingerprint density at radius 3 is 2.56 bits per heavy atom. The van der Waals surface area contributed by atoms with Crippen LogP contribution in [0.5, 0.6) is 0 Å². The lowest BCUT2D eigenvalue weighted by molar-refractivity contribution is -0.114. The van der Waals surface area contributed by atoms with E-state index >= 15 is 0 Å². The number of carbonyl (C=O) groups excluding carboxylic acids is 1. The first-order valence-corrected chi connectivity index (χ1v) is 8.89. The average Bonchev–Trinajstić information content (AvgIpc) is 3.05. The predicted octanol–water partition coefficient (Wildman–Crippen LogP) is 4.98. The molecule has 2 aromatic carbocycles. The van der Waals surface area contributed by atoms with Gasteiger partial charge in [-0.1, -0.05) is 41.9 Å². The third-order valence-electron chi connectivity index (χ3n) is 4.21. The Bertz CT molecular complexity index is 1150. The summed E-state index contributed by atoms with van der Waals surface area (Å²) in [5.74, 6) is -0.119. The number of aromatic nitrogens is 3. The largest absolute Gasteiger partial charge is 0.326 e. The van der Waals surface area contributed by atoms with Crippen molar-refractivity contribution in [3.05, 3.63) is 71.4 Å². The van der Waals surface area contributed by atoms with Gasteiger partial charge in [0.05, 0.1) is 17.1 Å². The van der Waals surface area contributed by atoms with Crippen molar-refractivity contribution in [2.75, 3.05) is 5.32 Å². The Balaban J connectivity index is 1.92. The minimum absolute atomic E-state index is 0.119. The zero-order valence-electron chi connectivity index (χ0n) is 14.9. The van der Waals surface area contributed by atoms with E-state index in [4.69, 9.17) is 16.7 Å². The highest BCUT2D eigenvalue weighted by Gasteiger charge is 2.14. The predicted molar refractivity (Wildman–Crippen MR) is 108 cm³/mol. The van der Waals surface area contributed by atoms with E-state index in [9.17, 15) is 4.79 Å². The monoisotopic (exact) mass is 376 g/mol. The van der Waals surface area contributed by atoms with Crippen molar-refractivity contribution in [3.8, 4) is 22.5 Å². The molecule has 0 unspecified atom stereocenters. The van der Waals surface area contributed by atoms with Crippen LogP contribution in [0.25, 0.3) is 28.2 Å². The smallest absolute Gasteiger partial charge is 0.221 e. The van der Waals surface area contributed by atoms with Crippen LogP contribution in [0.15, 0.2) is 60.7 Å². The summed E-state index contributed by atoms with van der Waals surface area (Å²) in [6.45, 7) is 3.44. The fourth-order valence-electron chi connectivity index (χ4n) is 3.06. The molecule has 4 aromatic rings. The second kappa shape index (κ2) is 6.85. The van der Waals surface area contributed by atoms with Crippen LogP contribution >= 0.6 is 11.6 Å². The highest BCUT2D eigenvalue weighted by Crippen LogP contribution is 2.30. The van der Waals surface area contributed by atoms with Gasteiger partial charge in [-0.2, -0.15) is 5.10 Å². The number of para-hydroxylation sites is 1. The van der Waals surface area contributed by atoms with Crippen LogP contribution < -0.4 is 5.32 Å². The summed E-state index contributed by atoms with van der Waals surface area (Å²) in [6, 6.07) is 19.1. The third kappa shape index (κ3) is 3.41. The summed E-state index contributed by atoms with van der Waals surface area (Å²) in [5, 5.41) is 8.32. The second-order valence-corrected chi connectivity index (χ2v) is 6.75. The molecule has 1 amide bonds. The molecular weight excluding hydrogens is 360 g/mol. The van der Waals surface area contributed by atoms with Gasteiger partial charge in [-0.25, -0.2) is 9.50 Å². The zero-order chi connectivity index (χ0) is 19.0. The van der Waals surface area contributed by atoms with Crippen LogP contribution in [0.4, 0.5) is 5.69 Å². The van der Waals surface area contributed by atoms with Gasteiger partial charge < -0.3 is 5.32 Å². The lowest BCUT2D eigenvalue weighted by Crippen LogP contribution is -2.08. The van der Waals surface area contributed by atoms with Crippen molar-refractivity contribution >= 4 is 28.8 Å². The molecule has 2 aromatic heterocycles. The number of hydrogen-bond donors (Lipinski definition) is 1. The van der Waals surface area contributed by atoms with Gasteiger partial charge in [0, 0.05) is 34.8 Å². The summed E-state index contributed by atoms with van der Waals surface area (Å²) < 4.78 is 1.80. The van der Waals surface area contributed by atoms with Crippen LogP contribution in [-0.4, -0.2) is 20.5 Å². The van der Waals surface area contributed by atoms with E-state index in [2.05, 4.69) is 10.3 Å². The van der Waals surface area contributed by atoms with Gasteiger partial charge in [-0.05, 0) is 31.2 Å². The maximum absolute atomic E-state index is 11.6. The molecule has 0 bridgehead atoms. The molecule has 0 atom stereocenters. The Kier molecular flexibility index (Phi) is 4.38.